The Hall–Kier alpha value is -2.40. The van der Waals surface area contributed by atoms with E-state index in [-0.39, 0.29) is 0 Å². The molecule has 0 fully saturated rings. The highest BCUT2D eigenvalue weighted by molar-refractivity contribution is 6.32. The number of nitrogens with zero attached hydrogens (tertiary/aromatic N) is 2. The average Bonchev–Trinajstić information content (AvgIpc) is 3.01. The van der Waals surface area contributed by atoms with E-state index in [0.717, 1.165) is 37.9 Å². The van der Waals surface area contributed by atoms with Gasteiger partial charge in [-0.1, -0.05) is 30.5 Å². The number of hydrogen-bond acceptors (Lipinski definition) is 3. The second-order valence-electron chi connectivity index (χ2n) is 6.14. The standard InChI is InChI=1S/C20H21ClN2O3/c1-25-15-8-10-19(16(21)13-15)26-11-5-3-2-4-6-14-7-9-17-18(12-14)23-20(24)22-17/h7-10,12-13H,2-6,11H2,1H3. The smallest absolute Gasteiger partial charge is 0.368 e. The Labute approximate surface area is 157 Å². The van der Waals surface area contributed by atoms with Crippen LogP contribution in [0.2, 0.25) is 5.02 Å². The molecular weight excluding hydrogens is 352 g/mol. The first-order valence-electron chi connectivity index (χ1n) is 8.72. The molecule has 0 atom stereocenters. The second kappa shape index (κ2) is 8.81. The molecule has 1 aliphatic heterocycles. The highest BCUT2D eigenvalue weighted by Crippen LogP contribution is 2.28. The third-order valence-corrected chi connectivity index (χ3v) is 4.52. The number of amides is 2. The molecule has 2 aromatic rings. The number of aryl methyl sites for hydroxylation is 1. The first kappa shape index (κ1) is 18.4. The SMILES string of the molecule is COc1ccc(OCCCCCCc2ccc3c(c2)=NC(=O)N=3)c(Cl)c1. The van der Waals surface area contributed by atoms with Crippen LogP contribution in [0.5, 0.6) is 11.5 Å². The van der Waals surface area contributed by atoms with Gasteiger partial charge in [0, 0.05) is 6.07 Å². The van der Waals surface area contributed by atoms with Crippen LogP contribution in [0.25, 0.3) is 0 Å². The summed E-state index contributed by atoms with van der Waals surface area (Å²) in [5.41, 5.74) is 1.19. The van der Waals surface area contributed by atoms with Gasteiger partial charge in [0.15, 0.2) is 0 Å². The summed E-state index contributed by atoms with van der Waals surface area (Å²) in [5, 5.41) is 1.93. The molecule has 6 heteroatoms. The van der Waals surface area contributed by atoms with Gasteiger partial charge in [0.25, 0.3) is 0 Å². The zero-order chi connectivity index (χ0) is 18.4. The quantitative estimate of drug-likeness (QED) is 0.627. The van der Waals surface area contributed by atoms with Crippen LogP contribution < -0.4 is 20.2 Å². The van der Waals surface area contributed by atoms with Gasteiger partial charge >= 0.3 is 6.03 Å². The van der Waals surface area contributed by atoms with E-state index in [9.17, 15) is 4.79 Å². The number of carbonyl (C=O) groups is 1. The van der Waals surface area contributed by atoms with E-state index in [1.54, 1.807) is 13.2 Å². The third kappa shape index (κ3) is 4.82. The molecule has 1 aliphatic rings. The molecule has 0 N–H and O–H groups in total. The maximum absolute atomic E-state index is 11.2. The molecule has 0 unspecified atom stereocenters. The molecule has 0 spiro atoms. The van der Waals surface area contributed by atoms with E-state index in [4.69, 9.17) is 21.1 Å². The fourth-order valence-corrected chi connectivity index (χ4v) is 3.06. The van der Waals surface area contributed by atoms with Gasteiger partial charge in [-0.3, -0.25) is 0 Å². The molecular formula is C20H21ClN2O3. The van der Waals surface area contributed by atoms with Gasteiger partial charge in [-0.2, -0.15) is 9.98 Å². The van der Waals surface area contributed by atoms with Crippen LogP contribution in [0.3, 0.4) is 0 Å². The molecule has 26 heavy (non-hydrogen) atoms. The number of ether oxygens (including phenoxy) is 2. The number of benzene rings is 2. The summed E-state index contributed by atoms with van der Waals surface area (Å²) < 4.78 is 10.8. The Balaban J connectivity index is 1.34. The maximum atomic E-state index is 11.2. The third-order valence-electron chi connectivity index (χ3n) is 4.23. The summed E-state index contributed by atoms with van der Waals surface area (Å²) in [6.07, 6.45) is 5.26. The summed E-state index contributed by atoms with van der Waals surface area (Å²) in [7, 11) is 1.61. The maximum Gasteiger partial charge on any atom is 0.368 e. The van der Waals surface area contributed by atoms with Gasteiger partial charge in [-0.05, 0) is 49.1 Å². The van der Waals surface area contributed by atoms with Gasteiger partial charge in [-0.15, -0.1) is 0 Å². The van der Waals surface area contributed by atoms with Gasteiger partial charge in [0.1, 0.15) is 11.5 Å². The minimum absolute atomic E-state index is 0.408. The van der Waals surface area contributed by atoms with E-state index in [2.05, 4.69) is 9.98 Å². The molecule has 2 amide bonds. The summed E-state index contributed by atoms with van der Waals surface area (Å²) in [4.78, 5) is 18.9. The molecule has 5 nitrogen and oxygen atoms in total. The summed E-state index contributed by atoms with van der Waals surface area (Å²) in [6, 6.07) is 10.9. The van der Waals surface area contributed by atoms with Crippen LogP contribution >= 0.6 is 11.6 Å². The summed E-state index contributed by atoms with van der Waals surface area (Å²) >= 11 is 6.15. The van der Waals surface area contributed by atoms with Crippen LogP contribution in [0.1, 0.15) is 31.2 Å². The number of halogens is 1. The van der Waals surface area contributed by atoms with Crippen LogP contribution in [-0.2, 0) is 6.42 Å². The lowest BCUT2D eigenvalue weighted by molar-refractivity contribution is 0.256. The van der Waals surface area contributed by atoms with Crippen molar-refractivity contribution in [2.24, 2.45) is 9.98 Å². The molecule has 0 saturated carbocycles. The van der Waals surface area contributed by atoms with E-state index in [0.29, 0.717) is 28.1 Å². The second-order valence-corrected chi connectivity index (χ2v) is 6.55. The topological polar surface area (TPSA) is 60.2 Å². The fraction of sp³-hybridized carbons (Fsp3) is 0.350. The average molecular weight is 373 g/mol. The van der Waals surface area contributed by atoms with Crippen molar-refractivity contribution >= 4 is 17.6 Å². The number of hydrogen-bond donors (Lipinski definition) is 0. The Morgan fingerprint density at radius 3 is 2.58 bits per heavy atom. The van der Waals surface area contributed by atoms with Crippen molar-refractivity contribution in [2.75, 3.05) is 13.7 Å². The molecule has 1 heterocycles. The molecule has 0 aromatic heterocycles. The molecule has 136 valence electrons. The molecule has 3 rings (SSSR count). The predicted octanol–water partition coefficient (Wildman–Crippen LogP) is 3.90. The highest BCUT2D eigenvalue weighted by Gasteiger charge is 2.05. The highest BCUT2D eigenvalue weighted by atomic mass is 35.5. The van der Waals surface area contributed by atoms with Crippen molar-refractivity contribution in [3.63, 3.8) is 0 Å². The van der Waals surface area contributed by atoms with Crippen molar-refractivity contribution in [1.82, 2.24) is 0 Å². The Morgan fingerprint density at radius 2 is 1.77 bits per heavy atom. The van der Waals surface area contributed by atoms with Gasteiger partial charge in [0.2, 0.25) is 0 Å². The van der Waals surface area contributed by atoms with Gasteiger partial charge in [-0.25, -0.2) is 4.79 Å². The normalized spacial score (nSPS) is 12.3. The minimum atomic E-state index is -0.408. The summed E-state index contributed by atoms with van der Waals surface area (Å²) in [5.74, 6) is 1.41. The molecule has 0 aliphatic carbocycles. The predicted molar refractivity (Wildman–Crippen MR) is 99.8 cm³/mol. The molecule has 0 radical (unpaired) electrons. The zero-order valence-electron chi connectivity index (χ0n) is 14.7. The van der Waals surface area contributed by atoms with Gasteiger partial charge in [0.05, 0.1) is 29.5 Å². The Bertz CT molecular complexity index is 912. The number of urea groups is 1. The number of carbonyl (C=O) groups excluding carboxylic acids is 1. The van der Waals surface area contributed by atoms with Crippen molar-refractivity contribution in [3.8, 4) is 11.5 Å². The number of rotatable bonds is 9. The van der Waals surface area contributed by atoms with Crippen LogP contribution in [0, 0.1) is 0 Å². The van der Waals surface area contributed by atoms with Gasteiger partial charge < -0.3 is 9.47 Å². The minimum Gasteiger partial charge on any atom is -0.497 e. The van der Waals surface area contributed by atoms with Crippen molar-refractivity contribution in [3.05, 3.63) is 57.7 Å². The Kier molecular flexibility index (Phi) is 6.23. The lowest BCUT2D eigenvalue weighted by Gasteiger charge is -2.09. The van der Waals surface area contributed by atoms with Crippen molar-refractivity contribution in [1.29, 1.82) is 0 Å². The molecule has 2 aromatic carbocycles. The molecule has 0 saturated heterocycles. The number of unbranched alkanes of at least 4 members (excludes halogenated alkanes) is 3. The lowest BCUT2D eigenvalue weighted by atomic mass is 10.1. The molecule has 0 bridgehead atoms. The van der Waals surface area contributed by atoms with Crippen LogP contribution in [0.4, 0.5) is 4.79 Å². The summed E-state index contributed by atoms with van der Waals surface area (Å²) in [6.45, 7) is 0.646. The van der Waals surface area contributed by atoms with Crippen molar-refractivity contribution in [2.45, 2.75) is 32.1 Å². The van der Waals surface area contributed by atoms with Crippen LogP contribution in [-0.4, -0.2) is 19.7 Å². The number of methoxy groups -OCH3 is 1. The van der Waals surface area contributed by atoms with Crippen molar-refractivity contribution < 1.29 is 14.3 Å². The zero-order valence-corrected chi connectivity index (χ0v) is 15.5. The monoisotopic (exact) mass is 372 g/mol. The van der Waals surface area contributed by atoms with E-state index in [1.807, 2.05) is 30.3 Å². The largest absolute Gasteiger partial charge is 0.497 e. The van der Waals surface area contributed by atoms with E-state index < -0.39 is 6.03 Å². The fourth-order valence-electron chi connectivity index (χ4n) is 2.83. The first-order valence-corrected chi connectivity index (χ1v) is 9.10. The lowest BCUT2D eigenvalue weighted by Crippen LogP contribution is -2.21. The Morgan fingerprint density at radius 1 is 0.962 bits per heavy atom. The van der Waals surface area contributed by atoms with E-state index in [1.165, 1.54) is 5.56 Å². The van der Waals surface area contributed by atoms with Crippen LogP contribution in [0.15, 0.2) is 46.4 Å². The first-order chi connectivity index (χ1) is 12.7. The van der Waals surface area contributed by atoms with E-state index >= 15 is 0 Å². The number of fused-ring (bicyclic) bond motifs is 1.